The Balaban J connectivity index is 1.45. The van der Waals surface area contributed by atoms with Crippen molar-refractivity contribution in [2.75, 3.05) is 5.32 Å². The fourth-order valence-electron chi connectivity index (χ4n) is 4.07. The predicted octanol–water partition coefficient (Wildman–Crippen LogP) is 4.92. The quantitative estimate of drug-likeness (QED) is 0.169. The van der Waals surface area contributed by atoms with Crippen LogP contribution in [0.4, 0.5) is 5.13 Å². The molecule has 4 aromatic rings. The van der Waals surface area contributed by atoms with Crippen LogP contribution in [-0.4, -0.2) is 28.4 Å². The maximum absolute atomic E-state index is 13.4. The van der Waals surface area contributed by atoms with E-state index in [0.29, 0.717) is 11.1 Å². The molecule has 5 rings (SSSR count). The molecule has 0 aliphatic carbocycles. The monoisotopic (exact) mass is 496 g/mol. The number of Topliss-reactive ketones (excluding diaryl/α,β-unsaturated/α-hetero) is 1. The minimum Gasteiger partial charge on any atom is -0.453 e. The summed E-state index contributed by atoms with van der Waals surface area (Å²) in [5.41, 5.74) is 3.13. The molecule has 0 unspecified atom stereocenters. The van der Waals surface area contributed by atoms with Crippen LogP contribution in [0.15, 0.2) is 78.9 Å². The van der Waals surface area contributed by atoms with Crippen LogP contribution in [0.1, 0.15) is 33.2 Å². The predicted molar refractivity (Wildman–Crippen MR) is 137 cm³/mol. The summed E-state index contributed by atoms with van der Waals surface area (Å²) < 4.78 is 6.30. The number of esters is 1. The number of nitrogens with zero attached hydrogens (tertiary/aromatic N) is 1. The standard InChI is InChI=1S/C28H20N2O5S/c1-16-11-13-20-22(15-16)36-28(29-20)30-26(33)24(32)23(21(31)14-12-17-7-3-2-4-8-17)25-18-9-5-6-10-19(18)27(34)35-25/h2-15,23,25H,1H3,(H,29,30,33)/b14-12+/t23-,25-/m0/s1. The van der Waals surface area contributed by atoms with Crippen molar-refractivity contribution in [1.29, 1.82) is 0 Å². The first-order valence-electron chi connectivity index (χ1n) is 11.2. The summed E-state index contributed by atoms with van der Waals surface area (Å²) in [6.45, 7) is 1.95. The third-order valence-electron chi connectivity index (χ3n) is 5.84. The Hall–Kier alpha value is -4.43. The highest BCUT2D eigenvalue weighted by atomic mass is 32.1. The van der Waals surface area contributed by atoms with E-state index in [0.717, 1.165) is 15.8 Å². The number of nitrogens with one attached hydrogen (secondary N) is 1. The highest BCUT2D eigenvalue weighted by Gasteiger charge is 2.45. The van der Waals surface area contributed by atoms with Gasteiger partial charge < -0.3 is 4.74 Å². The maximum atomic E-state index is 13.4. The van der Waals surface area contributed by atoms with Gasteiger partial charge in [0.05, 0.1) is 15.8 Å². The van der Waals surface area contributed by atoms with Gasteiger partial charge in [-0.15, -0.1) is 0 Å². The molecule has 2 heterocycles. The molecule has 178 valence electrons. The number of hydrogen-bond acceptors (Lipinski definition) is 7. The molecule has 0 fully saturated rings. The number of fused-ring (bicyclic) bond motifs is 2. The number of aryl methyl sites for hydroxylation is 1. The molecule has 7 nitrogen and oxygen atoms in total. The first-order chi connectivity index (χ1) is 17.4. The SMILES string of the molecule is Cc1ccc2nc(NC(=O)C(=O)[C@H](C(=O)/C=C/c3ccccc3)[C@H]3OC(=O)c4ccccc43)sc2c1. The van der Waals surface area contributed by atoms with Crippen molar-refractivity contribution in [2.24, 2.45) is 5.92 Å². The van der Waals surface area contributed by atoms with E-state index >= 15 is 0 Å². The number of hydrogen-bond donors (Lipinski definition) is 1. The van der Waals surface area contributed by atoms with Crippen molar-refractivity contribution in [3.63, 3.8) is 0 Å². The van der Waals surface area contributed by atoms with Gasteiger partial charge in [0.25, 0.3) is 5.91 Å². The molecule has 0 bridgehead atoms. The molecule has 3 aromatic carbocycles. The summed E-state index contributed by atoms with van der Waals surface area (Å²) in [6.07, 6.45) is 1.58. The van der Waals surface area contributed by atoms with E-state index in [2.05, 4.69) is 10.3 Å². The summed E-state index contributed by atoms with van der Waals surface area (Å²) >= 11 is 1.23. The number of benzene rings is 3. The highest BCUT2D eigenvalue weighted by molar-refractivity contribution is 7.22. The number of allylic oxidation sites excluding steroid dienone is 1. The number of thiazole rings is 1. The second kappa shape index (κ2) is 9.67. The third kappa shape index (κ3) is 4.58. The number of carbonyl (C=O) groups excluding carboxylic acids is 4. The van der Waals surface area contributed by atoms with E-state index in [1.54, 1.807) is 42.5 Å². The summed E-state index contributed by atoms with van der Waals surface area (Å²) in [6, 6.07) is 21.3. The van der Waals surface area contributed by atoms with Crippen LogP contribution in [-0.2, 0) is 19.1 Å². The number of carbonyl (C=O) groups is 4. The first kappa shape index (κ1) is 23.3. The van der Waals surface area contributed by atoms with Crippen molar-refractivity contribution >= 4 is 56.2 Å². The zero-order chi connectivity index (χ0) is 25.2. The van der Waals surface area contributed by atoms with Crippen LogP contribution in [0, 0.1) is 12.8 Å². The number of ether oxygens (including phenoxy) is 1. The van der Waals surface area contributed by atoms with Gasteiger partial charge in [0.15, 0.2) is 10.9 Å². The smallest absolute Gasteiger partial charge is 0.339 e. The molecular weight excluding hydrogens is 476 g/mol. The molecule has 8 heteroatoms. The number of aromatic nitrogens is 1. The number of anilines is 1. The van der Waals surface area contributed by atoms with E-state index in [1.807, 2.05) is 43.3 Å². The fourth-order valence-corrected chi connectivity index (χ4v) is 5.03. The van der Waals surface area contributed by atoms with Crippen LogP contribution in [0.3, 0.4) is 0 Å². The average molecular weight is 497 g/mol. The Morgan fingerprint density at radius 3 is 2.58 bits per heavy atom. The van der Waals surface area contributed by atoms with Crippen molar-refractivity contribution in [3.8, 4) is 0 Å². The molecule has 1 aliphatic heterocycles. The van der Waals surface area contributed by atoms with Crippen LogP contribution in [0.2, 0.25) is 0 Å². The summed E-state index contributed by atoms with van der Waals surface area (Å²) in [5.74, 6) is -4.85. The molecule has 0 saturated carbocycles. The van der Waals surface area contributed by atoms with Crippen molar-refractivity contribution in [1.82, 2.24) is 4.98 Å². The van der Waals surface area contributed by atoms with Crippen molar-refractivity contribution in [2.45, 2.75) is 13.0 Å². The Labute approximate surface area is 210 Å². The summed E-state index contributed by atoms with van der Waals surface area (Å²) in [7, 11) is 0. The molecule has 1 aliphatic rings. The molecule has 0 radical (unpaired) electrons. The second-order valence-corrected chi connectivity index (χ2v) is 9.38. The summed E-state index contributed by atoms with van der Waals surface area (Å²) in [4.78, 5) is 56.5. The van der Waals surface area contributed by atoms with E-state index in [1.165, 1.54) is 17.4 Å². The third-order valence-corrected chi connectivity index (χ3v) is 6.77. The van der Waals surface area contributed by atoms with Gasteiger partial charge in [0.1, 0.15) is 12.0 Å². The van der Waals surface area contributed by atoms with Gasteiger partial charge in [-0.3, -0.25) is 19.7 Å². The Bertz CT molecular complexity index is 1540. The molecule has 2 atom stereocenters. The van der Waals surface area contributed by atoms with Gasteiger partial charge in [0, 0.05) is 5.56 Å². The van der Waals surface area contributed by atoms with Crippen molar-refractivity contribution in [3.05, 3.63) is 101 Å². The largest absolute Gasteiger partial charge is 0.453 e. The van der Waals surface area contributed by atoms with Crippen molar-refractivity contribution < 1.29 is 23.9 Å². The molecule has 0 spiro atoms. The maximum Gasteiger partial charge on any atom is 0.339 e. The van der Waals surface area contributed by atoms with Crippen LogP contribution >= 0.6 is 11.3 Å². The first-order valence-corrected chi connectivity index (χ1v) is 12.0. The molecule has 1 amide bonds. The van der Waals surface area contributed by atoms with Crippen LogP contribution < -0.4 is 5.32 Å². The van der Waals surface area contributed by atoms with E-state index < -0.39 is 35.5 Å². The minimum atomic E-state index is -1.55. The lowest BCUT2D eigenvalue weighted by atomic mass is 9.87. The molecule has 0 saturated heterocycles. The highest BCUT2D eigenvalue weighted by Crippen LogP contribution is 2.37. The lowest BCUT2D eigenvalue weighted by molar-refractivity contribution is -0.143. The van der Waals surface area contributed by atoms with Crippen LogP contribution in [0.5, 0.6) is 0 Å². The van der Waals surface area contributed by atoms with Crippen LogP contribution in [0.25, 0.3) is 16.3 Å². The number of cyclic esters (lactones) is 1. The number of rotatable bonds is 7. The van der Waals surface area contributed by atoms with E-state index in [4.69, 9.17) is 4.74 Å². The van der Waals surface area contributed by atoms with E-state index in [-0.39, 0.29) is 10.7 Å². The fraction of sp³-hybridized carbons (Fsp3) is 0.107. The van der Waals surface area contributed by atoms with Gasteiger partial charge in [-0.1, -0.05) is 72.0 Å². The van der Waals surface area contributed by atoms with Gasteiger partial charge in [-0.2, -0.15) is 0 Å². The van der Waals surface area contributed by atoms with Gasteiger partial charge >= 0.3 is 5.97 Å². The molecule has 1 aromatic heterocycles. The zero-order valence-electron chi connectivity index (χ0n) is 19.1. The van der Waals surface area contributed by atoms with Gasteiger partial charge in [0.2, 0.25) is 5.78 Å². The lowest BCUT2D eigenvalue weighted by Gasteiger charge is -2.19. The van der Waals surface area contributed by atoms with E-state index in [9.17, 15) is 19.2 Å². The average Bonchev–Trinajstić information content (AvgIpc) is 3.43. The number of ketones is 2. The minimum absolute atomic E-state index is 0.240. The van der Waals surface area contributed by atoms with Gasteiger partial charge in [-0.25, -0.2) is 9.78 Å². The normalized spacial score (nSPS) is 15.5. The molecule has 36 heavy (non-hydrogen) atoms. The van der Waals surface area contributed by atoms with Gasteiger partial charge in [-0.05, 0) is 42.3 Å². The molecular formula is C28H20N2O5S. The lowest BCUT2D eigenvalue weighted by Crippen LogP contribution is -2.37. The Morgan fingerprint density at radius 2 is 1.78 bits per heavy atom. The topological polar surface area (TPSA) is 102 Å². The zero-order valence-corrected chi connectivity index (χ0v) is 20.0. The number of amides is 1. The summed E-state index contributed by atoms with van der Waals surface area (Å²) in [5, 5.41) is 2.76. The Kier molecular flexibility index (Phi) is 6.26. The Morgan fingerprint density at radius 1 is 1.03 bits per heavy atom. The second-order valence-electron chi connectivity index (χ2n) is 8.35. The molecule has 1 N–H and O–H groups in total.